The van der Waals surface area contributed by atoms with Crippen molar-refractivity contribution in [2.75, 3.05) is 0 Å². The molecule has 0 N–H and O–H groups in total. The molecule has 0 aliphatic carbocycles. The summed E-state index contributed by atoms with van der Waals surface area (Å²) >= 11 is 1.39. The molecule has 1 nitrogen and oxygen atoms in total. The summed E-state index contributed by atoms with van der Waals surface area (Å²) in [6, 6.07) is 9.81. The molecule has 0 unspecified atom stereocenters. The van der Waals surface area contributed by atoms with Crippen LogP contribution in [0, 0.1) is 6.07 Å². The third-order valence-electron chi connectivity index (χ3n) is 1.12. The van der Waals surface area contributed by atoms with Gasteiger partial charge in [-0.1, -0.05) is 5.56 Å². The first-order chi connectivity index (χ1) is 5.30. The van der Waals surface area contributed by atoms with Gasteiger partial charge >= 0.3 is 21.6 Å². The number of carbonyl (C=O) groups excluding carboxylic acids is 1. The van der Waals surface area contributed by atoms with Crippen molar-refractivity contribution in [3.8, 4) is 0 Å². The van der Waals surface area contributed by atoms with E-state index in [1.165, 1.54) is 20.9 Å². The van der Waals surface area contributed by atoms with Crippen LogP contribution in [-0.2, 0) is 20.9 Å². The van der Waals surface area contributed by atoms with Crippen LogP contribution in [0.4, 0.5) is 0 Å². The summed E-state index contributed by atoms with van der Waals surface area (Å²) in [4.78, 5) is 10.6. The molecule has 2 heteroatoms. The molecule has 0 radical (unpaired) electrons. The first-order valence-corrected chi connectivity index (χ1v) is 2.78. The van der Waals surface area contributed by atoms with Crippen LogP contribution in [0.5, 0.6) is 0 Å². The Balaban J connectivity index is 0.000000461. The van der Waals surface area contributed by atoms with Gasteiger partial charge in [-0.15, -0.1) is 0 Å². The van der Waals surface area contributed by atoms with E-state index in [0.29, 0.717) is 0 Å². The zero-order valence-electron chi connectivity index (χ0n) is 6.53. The number of Topliss-reactive ketones (excluding diaryl/α,β-unsaturated/α-hetero) is 1. The minimum atomic E-state index is 0.101. The second-order valence-corrected chi connectivity index (χ2v) is 1.84. The number of hydrogen-bond donors (Lipinski definition) is 0. The molecule has 0 bridgehead atoms. The Kier molecular flexibility index (Phi) is 3.38. The monoisotopic (exact) mass is 316 g/mol. The molecule has 1 aromatic rings. The van der Waals surface area contributed by atoms with Gasteiger partial charge in [0, 0.05) is 0 Å². The normalized spacial score (nSPS) is 8.90. The average Bonchev–Trinajstić information content (AvgIpc) is 2.10. The molecule has 0 spiro atoms. The summed E-state index contributed by atoms with van der Waals surface area (Å²) in [6.45, 7) is 1.55. The van der Waals surface area contributed by atoms with Crippen molar-refractivity contribution < 1.29 is 25.7 Å². The Morgan fingerprint density at radius 2 is 2.10 bits per heavy atom. The van der Waals surface area contributed by atoms with Gasteiger partial charge in [0.2, 0.25) is 0 Å². The van der Waals surface area contributed by atoms with Crippen LogP contribution in [0.15, 0.2) is 24.3 Å². The van der Waals surface area contributed by atoms with E-state index in [1.807, 2.05) is 0 Å². The summed E-state index contributed by atoms with van der Waals surface area (Å²) in [7, 11) is 0. The topological polar surface area (TPSA) is 17.1 Å². The maximum absolute atomic E-state index is 10.6. The van der Waals surface area contributed by atoms with E-state index >= 15 is 0 Å². The fraction of sp³-hybridized carbons (Fsp3) is 0.125. The molecule has 56 valence electrons. The Hall–Kier alpha value is -0.422. The van der Waals surface area contributed by atoms with E-state index in [-0.39, 0.29) is 5.78 Å². The summed E-state index contributed by atoms with van der Waals surface area (Å²) in [5.41, 5.74) is 0.744. The quantitative estimate of drug-likeness (QED) is 0.566. The van der Waals surface area contributed by atoms with E-state index in [1.54, 1.807) is 31.2 Å². The fourth-order valence-corrected chi connectivity index (χ4v) is 0.622. The number of hydrogen-bond acceptors (Lipinski definition) is 1. The summed E-state index contributed by atoms with van der Waals surface area (Å²) in [6.07, 6.45) is 0. The molecular weight excluding hydrogens is 307 g/mol. The molecule has 1 rings (SSSR count). The van der Waals surface area contributed by atoms with Crippen molar-refractivity contribution in [2.45, 2.75) is 6.92 Å². The van der Waals surface area contributed by atoms with Crippen LogP contribution in [0.1, 0.15) is 17.3 Å². The van der Waals surface area contributed by atoms with Gasteiger partial charge in [0.1, 0.15) is 5.78 Å². The molecular formula is C8H8OPt. The average molecular weight is 316 g/mol. The molecule has 0 atom stereocenters. The van der Waals surface area contributed by atoms with Crippen LogP contribution < -0.4 is 0 Å². The first kappa shape index (κ1) is 7.68. The molecule has 0 saturated heterocycles. The van der Waals surface area contributed by atoms with Crippen molar-refractivity contribution in [3.05, 3.63) is 35.9 Å². The van der Waals surface area contributed by atoms with Gasteiger partial charge in [-0.3, -0.25) is 4.79 Å². The van der Waals surface area contributed by atoms with Crippen LogP contribution in [0.3, 0.4) is 0 Å². The Bertz CT molecular complexity index is 211. The van der Waals surface area contributed by atoms with Crippen molar-refractivity contribution in [1.82, 2.24) is 0 Å². The number of carbonyl (C=O) groups is 1. The van der Waals surface area contributed by atoms with Gasteiger partial charge in [0.15, 0.2) is 0 Å². The number of rotatable bonds is 1. The first-order valence-electron chi connectivity index (χ1n) is 3.09. The molecule has 0 aliphatic rings. The Labute approximate surface area is 75.3 Å². The summed E-state index contributed by atoms with van der Waals surface area (Å²) in [5.74, 6) is 0.101. The standard InChI is InChI=1S/C8H7O.Pt.H/c1-7(9)8-5-3-2-4-6-8;;/h3-6H,1H3;;/q-1;+1;/i;;1+1. The third kappa shape index (κ3) is 2.45. The van der Waals surface area contributed by atoms with Crippen LogP contribution >= 0.6 is 0 Å². The van der Waals surface area contributed by atoms with Crippen molar-refractivity contribution in [3.63, 3.8) is 0 Å². The summed E-state index contributed by atoms with van der Waals surface area (Å²) in [5, 5.41) is 0. The zero-order valence-corrected chi connectivity index (χ0v) is 7.81. The SMILES string of the molecule is CC(=O)c1cc[c-]cc1.[2H][Pt+]. The van der Waals surface area contributed by atoms with Crippen molar-refractivity contribution in [1.29, 1.82) is 0.749 Å². The second-order valence-electron chi connectivity index (χ2n) is 1.84. The molecule has 0 saturated carbocycles. The molecule has 0 heterocycles. The second kappa shape index (κ2) is 4.40. The number of benzene rings is 1. The van der Waals surface area contributed by atoms with E-state index in [0.717, 1.165) is 5.56 Å². The maximum atomic E-state index is 10.6. The van der Waals surface area contributed by atoms with E-state index in [2.05, 4.69) is 6.07 Å². The van der Waals surface area contributed by atoms with Gasteiger partial charge in [-0.25, -0.2) is 0 Å². The Morgan fingerprint density at radius 3 is 2.40 bits per heavy atom. The van der Waals surface area contributed by atoms with Crippen LogP contribution in [0.2, 0.25) is 0 Å². The molecule has 0 amide bonds. The van der Waals surface area contributed by atoms with Gasteiger partial charge in [0.25, 0.3) is 0 Å². The summed E-state index contributed by atoms with van der Waals surface area (Å²) < 4.78 is 5.72. The third-order valence-corrected chi connectivity index (χ3v) is 1.12. The van der Waals surface area contributed by atoms with Gasteiger partial charge in [-0.05, 0) is 6.92 Å². The van der Waals surface area contributed by atoms with Gasteiger partial charge in [0.05, 0.1) is 0 Å². The van der Waals surface area contributed by atoms with Gasteiger partial charge in [-0.2, -0.15) is 30.3 Å². The van der Waals surface area contributed by atoms with E-state index in [4.69, 9.17) is 0.749 Å². The van der Waals surface area contributed by atoms with E-state index in [9.17, 15) is 4.79 Å². The minimum absolute atomic E-state index is 0.101. The van der Waals surface area contributed by atoms with Crippen molar-refractivity contribution >= 4 is 5.78 Å². The fourth-order valence-electron chi connectivity index (χ4n) is 0.622. The number of ketones is 1. The predicted octanol–water partition coefficient (Wildman–Crippen LogP) is 1.42. The van der Waals surface area contributed by atoms with Gasteiger partial charge < -0.3 is 0 Å². The molecule has 1 aromatic carbocycles. The van der Waals surface area contributed by atoms with Crippen LogP contribution in [-0.4, -0.2) is 6.53 Å². The van der Waals surface area contributed by atoms with E-state index < -0.39 is 0 Å². The zero-order chi connectivity index (χ0) is 8.69. The molecule has 0 aromatic heterocycles. The van der Waals surface area contributed by atoms with Crippen molar-refractivity contribution in [2.24, 2.45) is 0 Å². The molecule has 0 fully saturated rings. The van der Waals surface area contributed by atoms with Crippen LogP contribution in [0.25, 0.3) is 0 Å². The Morgan fingerprint density at radius 1 is 1.60 bits per heavy atom. The predicted molar refractivity (Wildman–Crippen MR) is 36.7 cm³/mol. The molecule has 0 aliphatic heterocycles. The molecule has 10 heavy (non-hydrogen) atoms.